The number of nitriles is 3. The van der Waals surface area contributed by atoms with Crippen molar-refractivity contribution < 1.29 is 4.98 Å². The van der Waals surface area contributed by atoms with Gasteiger partial charge in [0.25, 0.3) is 0 Å². The van der Waals surface area contributed by atoms with Crippen LogP contribution in [0.4, 0.5) is 0 Å². The topological polar surface area (TPSA) is 120 Å². The lowest BCUT2D eigenvalue weighted by molar-refractivity contribution is -0.378. The number of aromatic nitrogens is 1. The van der Waals surface area contributed by atoms with Gasteiger partial charge in [0.1, 0.15) is 18.2 Å². The maximum Gasteiger partial charge on any atom is 0.219 e. The molecule has 0 aliphatic carbocycles. The van der Waals surface area contributed by atoms with Crippen LogP contribution in [0.1, 0.15) is 5.56 Å². The van der Waals surface area contributed by atoms with Crippen LogP contribution in [0.2, 0.25) is 0 Å². The van der Waals surface area contributed by atoms with Crippen LogP contribution < -0.4 is 4.98 Å². The monoisotopic (exact) mass is 236 g/mol. The largest absolute Gasteiger partial charge is 0.761 e. The summed E-state index contributed by atoms with van der Waals surface area (Å²) in [5, 5.41) is 32.5. The van der Waals surface area contributed by atoms with E-state index in [2.05, 4.69) is 16.9 Å². The molecule has 0 fully saturated rings. The number of rotatable bonds is 1. The SMILES string of the molecule is Cc1cc[nH+]cc1.N#CC(=C=[N-])N=C(C#N)C#N. The molecule has 1 aromatic rings. The van der Waals surface area contributed by atoms with E-state index in [9.17, 15) is 0 Å². The molecule has 0 saturated carbocycles. The molecular formula is C12H8N6. The van der Waals surface area contributed by atoms with Crippen molar-refractivity contribution in [2.24, 2.45) is 4.99 Å². The van der Waals surface area contributed by atoms with Crippen molar-refractivity contribution in [1.29, 1.82) is 15.8 Å². The number of H-pyrrole nitrogens is 1. The van der Waals surface area contributed by atoms with E-state index in [0.717, 1.165) is 0 Å². The van der Waals surface area contributed by atoms with Gasteiger partial charge in [0.2, 0.25) is 5.71 Å². The highest BCUT2D eigenvalue weighted by atomic mass is 14.8. The molecule has 6 nitrogen and oxygen atoms in total. The summed E-state index contributed by atoms with van der Waals surface area (Å²) in [5.41, 5.74) is 0.296. The van der Waals surface area contributed by atoms with E-state index in [1.165, 1.54) is 29.6 Å². The second-order valence-corrected chi connectivity index (χ2v) is 2.83. The van der Waals surface area contributed by atoms with Crippen molar-refractivity contribution in [2.45, 2.75) is 6.92 Å². The van der Waals surface area contributed by atoms with Gasteiger partial charge in [0.05, 0.1) is 0 Å². The minimum atomic E-state index is -0.497. The zero-order valence-electron chi connectivity index (χ0n) is 9.55. The lowest BCUT2D eigenvalue weighted by atomic mass is 10.3. The Balaban J connectivity index is 0.000000351. The van der Waals surface area contributed by atoms with Crippen LogP contribution in [0.15, 0.2) is 35.2 Å². The fourth-order valence-electron chi connectivity index (χ4n) is 0.732. The van der Waals surface area contributed by atoms with Crippen molar-refractivity contribution in [2.75, 3.05) is 0 Å². The zero-order valence-corrected chi connectivity index (χ0v) is 9.55. The first kappa shape index (κ1) is 14.7. The van der Waals surface area contributed by atoms with Crippen LogP contribution in [0, 0.1) is 40.9 Å². The Morgan fingerprint density at radius 2 is 1.72 bits per heavy atom. The number of aromatic amines is 1. The molecule has 18 heavy (non-hydrogen) atoms. The summed E-state index contributed by atoms with van der Waals surface area (Å²) in [7, 11) is 0. The predicted molar refractivity (Wildman–Crippen MR) is 63.9 cm³/mol. The fraction of sp³-hybridized carbons (Fsp3) is 0.0833. The van der Waals surface area contributed by atoms with Crippen LogP contribution in [0.5, 0.6) is 0 Å². The molecule has 0 saturated heterocycles. The maximum absolute atomic E-state index is 8.13. The summed E-state index contributed by atoms with van der Waals surface area (Å²) in [5.74, 6) is 1.42. The van der Waals surface area contributed by atoms with Crippen LogP contribution >= 0.6 is 0 Å². The van der Waals surface area contributed by atoms with E-state index in [-0.39, 0.29) is 0 Å². The van der Waals surface area contributed by atoms with Gasteiger partial charge in [-0.1, -0.05) is 0 Å². The number of aryl methyl sites for hydroxylation is 1. The summed E-state index contributed by atoms with van der Waals surface area (Å²) >= 11 is 0. The Morgan fingerprint density at radius 3 is 2.00 bits per heavy atom. The summed E-state index contributed by atoms with van der Waals surface area (Å²) in [6.45, 7) is 2.06. The lowest BCUT2D eigenvalue weighted by Crippen LogP contribution is -1.95. The van der Waals surface area contributed by atoms with E-state index in [4.69, 9.17) is 21.2 Å². The number of nitrogens with zero attached hydrogens (tertiary/aromatic N) is 5. The third kappa shape index (κ3) is 6.27. The Morgan fingerprint density at radius 1 is 1.17 bits per heavy atom. The average Bonchev–Trinajstić information content (AvgIpc) is 2.42. The number of allylic oxidation sites excluding steroid dienone is 1. The van der Waals surface area contributed by atoms with Crippen molar-refractivity contribution in [3.8, 4) is 18.2 Å². The van der Waals surface area contributed by atoms with Gasteiger partial charge in [-0.3, -0.25) is 0 Å². The molecule has 0 atom stereocenters. The van der Waals surface area contributed by atoms with Crippen LogP contribution in [0.3, 0.4) is 0 Å². The van der Waals surface area contributed by atoms with E-state index >= 15 is 0 Å². The third-order valence-corrected chi connectivity index (χ3v) is 1.53. The standard InChI is InChI=1S/C6N5.C6H7N/c7-1-5(2-8)11-6(3-9)4-10;1-6-2-4-7-5-3-6/h;2-5H,1H3/q-1;/p+1. The van der Waals surface area contributed by atoms with Crippen molar-refractivity contribution in [3.63, 3.8) is 0 Å². The molecule has 0 aromatic carbocycles. The second-order valence-electron chi connectivity index (χ2n) is 2.83. The Bertz CT molecular complexity index is 572. The molecule has 0 unspecified atom stereocenters. The molecule has 0 aliphatic rings. The van der Waals surface area contributed by atoms with Crippen molar-refractivity contribution >= 4 is 11.6 Å². The van der Waals surface area contributed by atoms with Crippen molar-refractivity contribution in [1.82, 2.24) is 0 Å². The molecule has 1 heterocycles. The first-order valence-corrected chi connectivity index (χ1v) is 4.66. The molecule has 0 amide bonds. The lowest BCUT2D eigenvalue weighted by Gasteiger charge is -1.82. The molecular weight excluding hydrogens is 228 g/mol. The van der Waals surface area contributed by atoms with E-state index < -0.39 is 11.4 Å². The summed E-state index contributed by atoms with van der Waals surface area (Å²) in [6, 6.07) is 8.31. The van der Waals surface area contributed by atoms with E-state index in [1.807, 2.05) is 24.5 Å². The predicted octanol–water partition coefficient (Wildman–Crippen LogP) is 0.930. The molecule has 1 aromatic heterocycles. The van der Waals surface area contributed by atoms with E-state index in [0.29, 0.717) is 0 Å². The summed E-state index contributed by atoms with van der Waals surface area (Å²) in [6.07, 6.45) is 3.82. The average molecular weight is 236 g/mol. The first-order chi connectivity index (χ1) is 8.67. The minimum Gasteiger partial charge on any atom is -0.761 e. The second kappa shape index (κ2) is 9.00. The summed E-state index contributed by atoms with van der Waals surface area (Å²) in [4.78, 5) is 6.07. The molecule has 0 radical (unpaired) electrons. The maximum atomic E-state index is 8.13. The molecule has 86 valence electrons. The smallest absolute Gasteiger partial charge is 0.219 e. The molecule has 6 heteroatoms. The van der Waals surface area contributed by atoms with Gasteiger partial charge >= 0.3 is 0 Å². The van der Waals surface area contributed by atoms with Gasteiger partial charge in [-0.05, 0) is 12.5 Å². The van der Waals surface area contributed by atoms with Gasteiger partial charge in [0, 0.05) is 12.1 Å². The molecule has 1 N–H and O–H groups in total. The first-order valence-electron chi connectivity index (χ1n) is 4.66. The van der Waals surface area contributed by atoms with Crippen molar-refractivity contribution in [3.05, 3.63) is 41.2 Å². The molecule has 0 spiro atoms. The highest BCUT2D eigenvalue weighted by Gasteiger charge is 1.93. The Hall–Kier alpha value is -3.26. The molecule has 0 aliphatic heterocycles. The highest BCUT2D eigenvalue weighted by Crippen LogP contribution is 1.88. The summed E-state index contributed by atoms with van der Waals surface area (Å²) < 4.78 is 0. The fourth-order valence-corrected chi connectivity index (χ4v) is 0.732. The highest BCUT2D eigenvalue weighted by molar-refractivity contribution is 6.11. The number of nitrogens with one attached hydrogen (secondary N) is 1. The molecule has 0 bridgehead atoms. The number of hydrogen-bond donors (Lipinski definition) is 0. The number of pyridine rings is 1. The number of aliphatic imine (C=N–C) groups is 1. The van der Waals surface area contributed by atoms with Gasteiger partial charge in [-0.15, -0.1) is 0 Å². The van der Waals surface area contributed by atoms with Gasteiger partial charge in [-0.25, -0.2) is 15.8 Å². The Kier molecular flexibility index (Phi) is 7.37. The number of hydrogen-bond acceptors (Lipinski definition) is 4. The van der Waals surface area contributed by atoms with Crippen LogP contribution in [-0.4, -0.2) is 11.6 Å². The molecule has 1 rings (SSSR count). The third-order valence-electron chi connectivity index (χ3n) is 1.53. The van der Waals surface area contributed by atoms with Gasteiger partial charge in [-0.2, -0.15) is 15.8 Å². The van der Waals surface area contributed by atoms with Crippen LogP contribution in [0.25, 0.3) is 5.41 Å². The Labute approximate surface area is 104 Å². The van der Waals surface area contributed by atoms with Gasteiger partial charge in [0.15, 0.2) is 18.1 Å². The quantitative estimate of drug-likeness (QED) is 0.532. The normalized spacial score (nSPS) is 7.00. The minimum absolute atomic E-state index is 0.497. The zero-order chi connectivity index (χ0) is 13.8. The van der Waals surface area contributed by atoms with E-state index in [1.54, 1.807) is 0 Å². The van der Waals surface area contributed by atoms with Crippen LogP contribution in [-0.2, 0) is 0 Å². The van der Waals surface area contributed by atoms with Gasteiger partial charge < -0.3 is 5.41 Å².